The molecule has 0 aliphatic heterocycles. The molecule has 0 spiro atoms. The van der Waals surface area contributed by atoms with Gasteiger partial charge in [0.1, 0.15) is 5.15 Å². The van der Waals surface area contributed by atoms with Crippen molar-refractivity contribution < 1.29 is 0 Å². The summed E-state index contributed by atoms with van der Waals surface area (Å²) in [6.07, 6.45) is 8.29. The average molecular weight is 243 g/mol. The monoisotopic (exact) mass is 242 g/mol. The van der Waals surface area contributed by atoms with Crippen LogP contribution in [-0.4, -0.2) is 9.78 Å². The van der Waals surface area contributed by atoms with Crippen LogP contribution in [0, 0.1) is 0 Å². The van der Waals surface area contributed by atoms with Gasteiger partial charge in [0.15, 0.2) is 0 Å². The van der Waals surface area contributed by atoms with Crippen LogP contribution >= 0.6 is 11.6 Å². The Morgan fingerprint density at radius 1 is 1.31 bits per heavy atom. The quantitative estimate of drug-likeness (QED) is 0.680. The molecule has 1 aromatic rings. The van der Waals surface area contributed by atoms with E-state index in [4.69, 9.17) is 11.6 Å². The van der Waals surface area contributed by atoms with Gasteiger partial charge in [-0.3, -0.25) is 4.68 Å². The van der Waals surface area contributed by atoms with Gasteiger partial charge in [-0.25, -0.2) is 0 Å². The number of unbranched alkanes of at least 4 members (excludes halogenated alkanes) is 3. The Labute approximate surface area is 104 Å². The molecule has 0 saturated heterocycles. The molecule has 0 atom stereocenters. The largest absolute Gasteiger partial charge is 0.257 e. The van der Waals surface area contributed by atoms with Crippen molar-refractivity contribution in [1.82, 2.24) is 9.78 Å². The fourth-order valence-corrected chi connectivity index (χ4v) is 2.35. The summed E-state index contributed by atoms with van der Waals surface area (Å²) in [7, 11) is 1.89. The number of halogens is 1. The molecule has 2 nitrogen and oxygen atoms in total. The van der Waals surface area contributed by atoms with Gasteiger partial charge in [-0.2, -0.15) is 5.10 Å². The Balaban J connectivity index is 2.59. The maximum Gasteiger partial charge on any atom is 0.130 e. The molecule has 1 heterocycles. The zero-order valence-electron chi connectivity index (χ0n) is 10.9. The molecule has 1 rings (SSSR count). The van der Waals surface area contributed by atoms with Crippen molar-refractivity contribution in [2.45, 2.75) is 58.3 Å². The van der Waals surface area contributed by atoms with E-state index >= 15 is 0 Å². The average Bonchev–Trinajstić information content (AvgIpc) is 2.55. The summed E-state index contributed by atoms with van der Waals surface area (Å²) >= 11 is 6.23. The van der Waals surface area contributed by atoms with E-state index in [1.807, 2.05) is 13.2 Å². The maximum atomic E-state index is 6.23. The second kappa shape index (κ2) is 5.72. The molecule has 1 aromatic heterocycles. The van der Waals surface area contributed by atoms with E-state index < -0.39 is 0 Å². The highest BCUT2D eigenvalue weighted by atomic mass is 35.5. The van der Waals surface area contributed by atoms with E-state index in [1.165, 1.54) is 37.7 Å². The normalized spacial score (nSPS) is 12.1. The summed E-state index contributed by atoms with van der Waals surface area (Å²) in [6.45, 7) is 6.74. The fourth-order valence-electron chi connectivity index (χ4n) is 2.00. The minimum absolute atomic E-state index is 0.138. The third-order valence-corrected chi connectivity index (χ3v) is 3.70. The van der Waals surface area contributed by atoms with Gasteiger partial charge in [0.05, 0.1) is 6.20 Å². The van der Waals surface area contributed by atoms with Gasteiger partial charge in [0.2, 0.25) is 0 Å². The molecule has 0 aliphatic rings. The summed E-state index contributed by atoms with van der Waals surface area (Å²) in [5.41, 5.74) is 1.31. The summed E-state index contributed by atoms with van der Waals surface area (Å²) < 4.78 is 1.74. The van der Waals surface area contributed by atoms with Crippen molar-refractivity contribution in [1.29, 1.82) is 0 Å². The van der Waals surface area contributed by atoms with Crippen LogP contribution in [0.1, 0.15) is 58.4 Å². The van der Waals surface area contributed by atoms with E-state index in [1.54, 1.807) is 4.68 Å². The van der Waals surface area contributed by atoms with Crippen LogP contribution in [0.15, 0.2) is 6.20 Å². The van der Waals surface area contributed by atoms with Crippen molar-refractivity contribution in [3.8, 4) is 0 Å². The SMILES string of the molecule is CCCCCCC(C)(C)c1cnn(C)c1Cl. The number of nitrogens with zero attached hydrogens (tertiary/aromatic N) is 2. The summed E-state index contributed by atoms with van der Waals surface area (Å²) in [4.78, 5) is 0. The Kier molecular flexibility index (Phi) is 4.85. The number of aryl methyl sites for hydroxylation is 1. The van der Waals surface area contributed by atoms with Crippen molar-refractivity contribution in [2.24, 2.45) is 7.05 Å². The van der Waals surface area contributed by atoms with Gasteiger partial charge in [-0.1, -0.05) is 58.1 Å². The minimum Gasteiger partial charge on any atom is -0.257 e. The summed E-state index contributed by atoms with van der Waals surface area (Å²) in [5, 5.41) is 4.99. The Bertz CT molecular complexity index is 329. The molecule has 16 heavy (non-hydrogen) atoms. The first-order valence-electron chi connectivity index (χ1n) is 6.17. The van der Waals surface area contributed by atoms with Crippen LogP contribution in [0.4, 0.5) is 0 Å². The maximum absolute atomic E-state index is 6.23. The van der Waals surface area contributed by atoms with E-state index in [9.17, 15) is 0 Å². The summed E-state index contributed by atoms with van der Waals surface area (Å²) in [6, 6.07) is 0. The van der Waals surface area contributed by atoms with Gasteiger partial charge in [0.25, 0.3) is 0 Å². The molecule has 0 N–H and O–H groups in total. The van der Waals surface area contributed by atoms with Crippen LogP contribution in [0.5, 0.6) is 0 Å². The second-order valence-corrected chi connectivity index (χ2v) is 5.53. The number of hydrogen-bond acceptors (Lipinski definition) is 1. The lowest BCUT2D eigenvalue weighted by molar-refractivity contribution is 0.446. The molecule has 0 fully saturated rings. The van der Waals surface area contributed by atoms with Crippen molar-refractivity contribution in [3.63, 3.8) is 0 Å². The van der Waals surface area contributed by atoms with Gasteiger partial charge in [0, 0.05) is 12.6 Å². The molecule has 0 saturated carbocycles. The van der Waals surface area contributed by atoms with E-state index in [0.29, 0.717) is 0 Å². The van der Waals surface area contributed by atoms with Crippen LogP contribution in [0.2, 0.25) is 5.15 Å². The lowest BCUT2D eigenvalue weighted by atomic mass is 9.81. The number of hydrogen-bond donors (Lipinski definition) is 0. The zero-order chi connectivity index (χ0) is 12.2. The Morgan fingerprint density at radius 2 is 2.00 bits per heavy atom. The highest BCUT2D eigenvalue weighted by molar-refractivity contribution is 6.30. The Morgan fingerprint density at radius 3 is 2.50 bits per heavy atom. The molecule has 3 heteroatoms. The Hall–Kier alpha value is -0.500. The molecular weight excluding hydrogens is 220 g/mol. The predicted molar refractivity (Wildman–Crippen MR) is 70.0 cm³/mol. The predicted octanol–water partition coefficient (Wildman–Crippen LogP) is 4.32. The van der Waals surface area contributed by atoms with Crippen molar-refractivity contribution >= 4 is 11.6 Å². The minimum atomic E-state index is 0.138. The fraction of sp³-hybridized carbons (Fsp3) is 0.769. The first-order chi connectivity index (χ1) is 7.49. The zero-order valence-corrected chi connectivity index (χ0v) is 11.6. The van der Waals surface area contributed by atoms with E-state index in [2.05, 4.69) is 25.9 Å². The third-order valence-electron chi connectivity index (χ3n) is 3.25. The van der Waals surface area contributed by atoms with Gasteiger partial charge in [-0.05, 0) is 11.8 Å². The van der Waals surface area contributed by atoms with E-state index in [0.717, 1.165) is 5.15 Å². The van der Waals surface area contributed by atoms with Crippen molar-refractivity contribution in [2.75, 3.05) is 0 Å². The van der Waals surface area contributed by atoms with Crippen LogP contribution in [0.3, 0.4) is 0 Å². The molecule has 0 radical (unpaired) electrons. The first-order valence-corrected chi connectivity index (χ1v) is 6.55. The van der Waals surface area contributed by atoms with Crippen molar-refractivity contribution in [3.05, 3.63) is 16.9 Å². The summed E-state index contributed by atoms with van der Waals surface area (Å²) in [5.74, 6) is 0. The first kappa shape index (κ1) is 13.6. The molecular formula is C13H23ClN2. The van der Waals surface area contributed by atoms with E-state index in [-0.39, 0.29) is 5.41 Å². The van der Waals surface area contributed by atoms with Gasteiger partial charge in [-0.15, -0.1) is 0 Å². The highest BCUT2D eigenvalue weighted by Gasteiger charge is 2.25. The smallest absolute Gasteiger partial charge is 0.130 e. The van der Waals surface area contributed by atoms with Crippen LogP contribution in [-0.2, 0) is 12.5 Å². The van der Waals surface area contributed by atoms with Crippen LogP contribution < -0.4 is 0 Å². The molecule has 92 valence electrons. The topological polar surface area (TPSA) is 17.8 Å². The third kappa shape index (κ3) is 3.24. The standard InChI is InChI=1S/C13H23ClN2/c1-5-6-7-8-9-13(2,3)11-10-15-16(4)12(11)14/h10H,5-9H2,1-4H3. The highest BCUT2D eigenvalue weighted by Crippen LogP contribution is 2.33. The second-order valence-electron chi connectivity index (χ2n) is 5.17. The molecule has 0 aliphatic carbocycles. The molecule has 0 bridgehead atoms. The van der Waals surface area contributed by atoms with Gasteiger partial charge >= 0.3 is 0 Å². The van der Waals surface area contributed by atoms with Crippen LogP contribution in [0.25, 0.3) is 0 Å². The molecule has 0 aromatic carbocycles. The lowest BCUT2D eigenvalue weighted by Gasteiger charge is -2.23. The van der Waals surface area contributed by atoms with Gasteiger partial charge < -0.3 is 0 Å². The number of aromatic nitrogens is 2. The number of rotatable bonds is 6. The molecule has 0 amide bonds. The lowest BCUT2D eigenvalue weighted by Crippen LogP contribution is -2.17. The molecule has 0 unspecified atom stereocenters.